The zero-order chi connectivity index (χ0) is 13.4. The van der Waals surface area contributed by atoms with Gasteiger partial charge in [0, 0.05) is 12.2 Å². The Morgan fingerprint density at radius 1 is 1.17 bits per heavy atom. The number of hydrogen-bond donors (Lipinski definition) is 3. The molecule has 1 aromatic rings. The largest absolute Gasteiger partial charge is 0.480 e. The highest BCUT2D eigenvalue weighted by molar-refractivity contribution is 5.96. The number of carboxylic acids is 1. The number of carboxylic acid groups (broad SMARTS) is 1. The van der Waals surface area contributed by atoms with Gasteiger partial charge in [-0.25, -0.2) is 4.79 Å². The second-order valence-corrected chi connectivity index (χ2v) is 3.95. The van der Waals surface area contributed by atoms with Crippen LogP contribution in [0.2, 0.25) is 0 Å². The van der Waals surface area contributed by atoms with Crippen molar-refractivity contribution in [3.8, 4) is 0 Å². The Morgan fingerprint density at radius 3 is 2.39 bits per heavy atom. The summed E-state index contributed by atoms with van der Waals surface area (Å²) in [5.74, 6) is -1.45. The van der Waals surface area contributed by atoms with Crippen LogP contribution >= 0.6 is 0 Å². The van der Waals surface area contributed by atoms with Gasteiger partial charge in [-0.1, -0.05) is 18.2 Å². The zero-order valence-electron chi connectivity index (χ0n) is 10.0. The van der Waals surface area contributed by atoms with Crippen LogP contribution in [0.5, 0.6) is 0 Å². The Bertz CT molecular complexity index is 391. The van der Waals surface area contributed by atoms with E-state index in [0.29, 0.717) is 24.8 Å². The summed E-state index contributed by atoms with van der Waals surface area (Å²) >= 11 is 0. The van der Waals surface area contributed by atoms with E-state index in [-0.39, 0.29) is 6.61 Å². The molecule has 0 radical (unpaired) electrons. The normalized spacial score (nSPS) is 11.8. The summed E-state index contributed by atoms with van der Waals surface area (Å²) in [5.41, 5.74) is 0.436. The van der Waals surface area contributed by atoms with Gasteiger partial charge < -0.3 is 15.5 Å². The minimum atomic E-state index is -1.06. The van der Waals surface area contributed by atoms with E-state index in [2.05, 4.69) is 5.32 Å². The summed E-state index contributed by atoms with van der Waals surface area (Å²) in [5, 5.41) is 20.1. The second-order valence-electron chi connectivity index (χ2n) is 3.95. The Kier molecular flexibility index (Phi) is 5.87. The van der Waals surface area contributed by atoms with Gasteiger partial charge in [0.15, 0.2) is 0 Å². The van der Waals surface area contributed by atoms with Gasteiger partial charge in [-0.15, -0.1) is 0 Å². The number of nitrogens with one attached hydrogen (secondary N) is 1. The standard InChI is InChI=1S/C13H17NO4/c15-9-5-4-8-11(13(17)18)14-12(16)10-6-2-1-3-7-10/h1-3,6-7,11,15H,4-5,8-9H2,(H,14,16)(H,17,18). The SMILES string of the molecule is O=C(NC(CCCCO)C(=O)O)c1ccccc1. The lowest BCUT2D eigenvalue weighted by Crippen LogP contribution is -2.40. The van der Waals surface area contributed by atoms with Gasteiger partial charge in [-0.2, -0.15) is 0 Å². The van der Waals surface area contributed by atoms with Crippen molar-refractivity contribution >= 4 is 11.9 Å². The molecule has 0 heterocycles. The minimum Gasteiger partial charge on any atom is -0.480 e. The molecule has 0 spiro atoms. The monoisotopic (exact) mass is 251 g/mol. The number of benzene rings is 1. The molecule has 1 aromatic carbocycles. The Hall–Kier alpha value is -1.88. The van der Waals surface area contributed by atoms with Crippen LogP contribution in [0.3, 0.4) is 0 Å². The van der Waals surface area contributed by atoms with Crippen molar-refractivity contribution in [2.75, 3.05) is 6.61 Å². The molecule has 0 saturated carbocycles. The van der Waals surface area contributed by atoms with Crippen LogP contribution in [0.15, 0.2) is 30.3 Å². The van der Waals surface area contributed by atoms with Gasteiger partial charge in [0.1, 0.15) is 6.04 Å². The molecule has 1 rings (SSSR count). The Balaban J connectivity index is 2.55. The smallest absolute Gasteiger partial charge is 0.326 e. The van der Waals surface area contributed by atoms with Gasteiger partial charge in [-0.05, 0) is 31.4 Å². The van der Waals surface area contributed by atoms with E-state index < -0.39 is 17.9 Å². The molecule has 0 fully saturated rings. The molecule has 5 heteroatoms. The summed E-state index contributed by atoms with van der Waals surface area (Å²) in [4.78, 5) is 22.8. The maximum atomic E-state index is 11.8. The van der Waals surface area contributed by atoms with E-state index in [0.717, 1.165) is 0 Å². The Morgan fingerprint density at radius 2 is 1.83 bits per heavy atom. The molecule has 5 nitrogen and oxygen atoms in total. The topological polar surface area (TPSA) is 86.6 Å². The third kappa shape index (κ3) is 4.55. The van der Waals surface area contributed by atoms with Crippen LogP contribution < -0.4 is 5.32 Å². The zero-order valence-corrected chi connectivity index (χ0v) is 10.0. The summed E-state index contributed by atoms with van der Waals surface area (Å²) in [6, 6.07) is 7.56. The highest BCUT2D eigenvalue weighted by Gasteiger charge is 2.19. The van der Waals surface area contributed by atoms with Crippen molar-refractivity contribution in [2.24, 2.45) is 0 Å². The molecule has 0 bridgehead atoms. The number of rotatable bonds is 7. The highest BCUT2D eigenvalue weighted by atomic mass is 16.4. The van der Waals surface area contributed by atoms with E-state index >= 15 is 0 Å². The van der Waals surface area contributed by atoms with Crippen LogP contribution in [-0.4, -0.2) is 34.7 Å². The first kappa shape index (κ1) is 14.2. The molecule has 1 unspecified atom stereocenters. The number of unbranched alkanes of at least 4 members (excludes halogenated alkanes) is 1. The fraction of sp³-hybridized carbons (Fsp3) is 0.385. The van der Waals surface area contributed by atoms with E-state index in [1.807, 2.05) is 0 Å². The quantitative estimate of drug-likeness (QED) is 0.632. The van der Waals surface area contributed by atoms with E-state index in [1.165, 1.54) is 0 Å². The molecular formula is C13H17NO4. The molecule has 18 heavy (non-hydrogen) atoms. The van der Waals surface area contributed by atoms with E-state index in [4.69, 9.17) is 10.2 Å². The van der Waals surface area contributed by atoms with Crippen molar-refractivity contribution < 1.29 is 19.8 Å². The van der Waals surface area contributed by atoms with E-state index in [1.54, 1.807) is 30.3 Å². The second kappa shape index (κ2) is 7.45. The lowest BCUT2D eigenvalue weighted by atomic mass is 10.1. The number of carbonyl (C=O) groups excluding carboxylic acids is 1. The predicted molar refractivity (Wildman–Crippen MR) is 66.3 cm³/mol. The molecule has 3 N–H and O–H groups in total. The van der Waals surface area contributed by atoms with Crippen LogP contribution in [0.25, 0.3) is 0 Å². The molecule has 0 saturated heterocycles. The van der Waals surface area contributed by atoms with Gasteiger partial charge in [0.05, 0.1) is 0 Å². The number of aliphatic hydroxyl groups excluding tert-OH is 1. The third-order valence-electron chi connectivity index (χ3n) is 2.54. The van der Waals surface area contributed by atoms with Crippen molar-refractivity contribution in [1.29, 1.82) is 0 Å². The highest BCUT2D eigenvalue weighted by Crippen LogP contribution is 2.04. The summed E-state index contributed by atoms with van der Waals surface area (Å²) in [7, 11) is 0. The molecule has 1 atom stereocenters. The average molecular weight is 251 g/mol. The van der Waals surface area contributed by atoms with Crippen molar-refractivity contribution in [2.45, 2.75) is 25.3 Å². The fourth-order valence-electron chi connectivity index (χ4n) is 1.55. The first-order valence-electron chi connectivity index (χ1n) is 5.84. The number of aliphatic hydroxyl groups is 1. The minimum absolute atomic E-state index is 0.0268. The molecule has 0 aliphatic carbocycles. The molecule has 0 aromatic heterocycles. The molecule has 0 aliphatic heterocycles. The first-order valence-corrected chi connectivity index (χ1v) is 5.84. The summed E-state index contributed by atoms with van der Waals surface area (Å²) < 4.78 is 0. The predicted octanol–water partition coefficient (Wildman–Crippen LogP) is 1.03. The average Bonchev–Trinajstić information content (AvgIpc) is 2.38. The number of hydrogen-bond acceptors (Lipinski definition) is 3. The van der Waals surface area contributed by atoms with Gasteiger partial charge in [-0.3, -0.25) is 4.79 Å². The lowest BCUT2D eigenvalue weighted by Gasteiger charge is -2.14. The van der Waals surface area contributed by atoms with Crippen LogP contribution in [0, 0.1) is 0 Å². The molecular weight excluding hydrogens is 234 g/mol. The van der Waals surface area contributed by atoms with Crippen molar-refractivity contribution in [3.63, 3.8) is 0 Å². The van der Waals surface area contributed by atoms with E-state index in [9.17, 15) is 9.59 Å². The molecule has 1 amide bonds. The van der Waals surface area contributed by atoms with Gasteiger partial charge >= 0.3 is 5.97 Å². The Labute approximate surface area is 105 Å². The first-order chi connectivity index (χ1) is 8.65. The summed E-state index contributed by atoms with van der Waals surface area (Å²) in [6.45, 7) is 0.0268. The third-order valence-corrected chi connectivity index (χ3v) is 2.54. The van der Waals surface area contributed by atoms with Crippen molar-refractivity contribution in [3.05, 3.63) is 35.9 Å². The molecule has 0 aliphatic rings. The van der Waals surface area contributed by atoms with Gasteiger partial charge in [0.2, 0.25) is 0 Å². The number of carbonyl (C=O) groups is 2. The fourth-order valence-corrected chi connectivity index (χ4v) is 1.55. The van der Waals surface area contributed by atoms with Crippen LogP contribution in [0.1, 0.15) is 29.6 Å². The van der Waals surface area contributed by atoms with Gasteiger partial charge in [0.25, 0.3) is 5.91 Å². The lowest BCUT2D eigenvalue weighted by molar-refractivity contribution is -0.139. The molecule has 98 valence electrons. The van der Waals surface area contributed by atoms with Crippen LogP contribution in [0.4, 0.5) is 0 Å². The maximum Gasteiger partial charge on any atom is 0.326 e. The summed E-state index contributed by atoms with van der Waals surface area (Å²) in [6.07, 6.45) is 1.40. The number of aliphatic carboxylic acids is 1. The van der Waals surface area contributed by atoms with Crippen molar-refractivity contribution in [1.82, 2.24) is 5.32 Å². The van der Waals surface area contributed by atoms with Crippen LogP contribution in [-0.2, 0) is 4.79 Å². The maximum absolute atomic E-state index is 11.8. The number of amides is 1.